The Hall–Kier alpha value is -2.66. The number of rotatable bonds is 3. The molecule has 144 valence electrons. The average Bonchev–Trinajstić information content (AvgIpc) is 3.36. The van der Waals surface area contributed by atoms with E-state index in [0.29, 0.717) is 12.6 Å². The Morgan fingerprint density at radius 2 is 1.93 bits per heavy atom. The van der Waals surface area contributed by atoms with E-state index in [1.165, 1.54) is 0 Å². The van der Waals surface area contributed by atoms with Crippen LogP contribution in [-0.2, 0) is 21.7 Å². The first kappa shape index (κ1) is 17.4. The van der Waals surface area contributed by atoms with Crippen LogP contribution in [0.3, 0.4) is 0 Å². The zero-order valence-electron chi connectivity index (χ0n) is 16.1. The van der Waals surface area contributed by atoms with Crippen LogP contribution in [0, 0.1) is 5.92 Å². The van der Waals surface area contributed by atoms with Gasteiger partial charge in [0, 0.05) is 30.9 Å². The standard InChI is InChI=1S/C23H25N3O2/c1-25(15-16-8-3-2-4-9-16)21(27)19-14-17-10-7-13-26(17)23(19)18-11-5-6-12-20(18)24-22(23)28/h2-6,8-9,11-12,17,19H,7,10,13-15H2,1H3,(H,24,28)/t17-,19+,23+/m1/s1. The zero-order chi connectivity index (χ0) is 19.3. The van der Waals surface area contributed by atoms with Gasteiger partial charge >= 0.3 is 0 Å². The summed E-state index contributed by atoms with van der Waals surface area (Å²) in [4.78, 5) is 31.1. The van der Waals surface area contributed by atoms with Gasteiger partial charge in [-0.3, -0.25) is 14.5 Å². The van der Waals surface area contributed by atoms with Gasteiger partial charge in [-0.15, -0.1) is 0 Å². The van der Waals surface area contributed by atoms with Gasteiger partial charge in [0.15, 0.2) is 0 Å². The quantitative estimate of drug-likeness (QED) is 0.897. The van der Waals surface area contributed by atoms with Crippen LogP contribution in [0.1, 0.15) is 30.4 Å². The fraction of sp³-hybridized carbons (Fsp3) is 0.391. The number of benzene rings is 2. The molecule has 3 aliphatic heterocycles. The fourth-order valence-electron chi connectivity index (χ4n) is 5.56. The van der Waals surface area contributed by atoms with E-state index in [1.807, 2.05) is 61.6 Å². The number of nitrogens with zero attached hydrogens (tertiary/aromatic N) is 2. The summed E-state index contributed by atoms with van der Waals surface area (Å²) in [6, 6.07) is 18.2. The van der Waals surface area contributed by atoms with Gasteiger partial charge in [-0.05, 0) is 37.4 Å². The van der Waals surface area contributed by atoms with Gasteiger partial charge in [0.25, 0.3) is 0 Å². The largest absolute Gasteiger partial charge is 0.341 e. The van der Waals surface area contributed by atoms with Crippen LogP contribution in [0.2, 0.25) is 0 Å². The van der Waals surface area contributed by atoms with Crippen molar-refractivity contribution in [3.63, 3.8) is 0 Å². The number of hydrogen-bond donors (Lipinski definition) is 1. The minimum Gasteiger partial charge on any atom is -0.341 e. The molecule has 0 aromatic heterocycles. The maximum Gasteiger partial charge on any atom is 0.250 e. The van der Waals surface area contributed by atoms with Gasteiger partial charge in [-0.2, -0.15) is 0 Å². The Labute approximate surface area is 165 Å². The third-order valence-electron chi connectivity index (χ3n) is 6.71. The highest BCUT2D eigenvalue weighted by molar-refractivity contribution is 6.09. The number of amides is 2. The van der Waals surface area contributed by atoms with Crippen LogP contribution in [-0.4, -0.2) is 41.2 Å². The van der Waals surface area contributed by atoms with E-state index in [4.69, 9.17) is 0 Å². The normalized spacial score (nSPS) is 28.2. The molecule has 1 N–H and O–H groups in total. The lowest BCUT2D eigenvalue weighted by Gasteiger charge is -2.37. The number of hydrogen-bond acceptors (Lipinski definition) is 3. The molecule has 0 radical (unpaired) electrons. The van der Waals surface area contributed by atoms with Crippen molar-refractivity contribution in [2.75, 3.05) is 18.9 Å². The van der Waals surface area contributed by atoms with Gasteiger partial charge < -0.3 is 10.2 Å². The second-order valence-corrected chi connectivity index (χ2v) is 8.22. The first-order valence-corrected chi connectivity index (χ1v) is 10.1. The Kier molecular flexibility index (Phi) is 4.02. The van der Waals surface area contributed by atoms with Crippen molar-refractivity contribution < 1.29 is 9.59 Å². The highest BCUT2D eigenvalue weighted by atomic mass is 16.2. The minimum atomic E-state index is -0.861. The molecule has 2 fully saturated rings. The Bertz CT molecular complexity index is 928. The molecule has 0 bridgehead atoms. The summed E-state index contributed by atoms with van der Waals surface area (Å²) in [5.41, 5.74) is 2.06. The van der Waals surface area contributed by atoms with Gasteiger partial charge in [0.2, 0.25) is 11.8 Å². The number of anilines is 1. The maximum atomic E-state index is 13.6. The van der Waals surface area contributed by atoms with Crippen LogP contribution in [0.4, 0.5) is 5.69 Å². The van der Waals surface area contributed by atoms with Crippen molar-refractivity contribution in [3.05, 3.63) is 65.7 Å². The Morgan fingerprint density at radius 1 is 1.18 bits per heavy atom. The molecule has 0 saturated carbocycles. The maximum absolute atomic E-state index is 13.6. The van der Waals surface area contributed by atoms with E-state index in [1.54, 1.807) is 4.90 Å². The smallest absolute Gasteiger partial charge is 0.250 e. The highest BCUT2D eigenvalue weighted by Crippen LogP contribution is 2.55. The lowest BCUT2D eigenvalue weighted by Crippen LogP contribution is -2.54. The summed E-state index contributed by atoms with van der Waals surface area (Å²) in [5.74, 6) is -0.329. The van der Waals surface area contributed by atoms with E-state index < -0.39 is 5.54 Å². The van der Waals surface area contributed by atoms with Gasteiger partial charge in [0.05, 0.1) is 5.92 Å². The van der Waals surface area contributed by atoms with Gasteiger partial charge in [0.1, 0.15) is 5.54 Å². The van der Waals surface area contributed by atoms with Crippen molar-refractivity contribution in [1.82, 2.24) is 9.80 Å². The number of carbonyl (C=O) groups is 2. The predicted octanol–water partition coefficient (Wildman–Crippen LogP) is 2.98. The van der Waals surface area contributed by atoms with Crippen LogP contribution in [0.15, 0.2) is 54.6 Å². The molecular formula is C23H25N3O2. The summed E-state index contributed by atoms with van der Waals surface area (Å²) < 4.78 is 0. The van der Waals surface area contributed by atoms with Crippen LogP contribution in [0.5, 0.6) is 0 Å². The SMILES string of the molecule is CN(Cc1ccccc1)C(=O)[C@@H]1C[C@H]2CCCN2[C@]12C(=O)Nc1ccccc12. The van der Waals surface area contributed by atoms with Crippen molar-refractivity contribution in [2.24, 2.45) is 5.92 Å². The lowest BCUT2D eigenvalue weighted by atomic mass is 9.78. The predicted molar refractivity (Wildman–Crippen MR) is 108 cm³/mol. The summed E-state index contributed by atoms with van der Waals surface area (Å²) in [7, 11) is 1.85. The van der Waals surface area contributed by atoms with Crippen molar-refractivity contribution in [3.8, 4) is 0 Å². The molecular weight excluding hydrogens is 350 g/mol. The zero-order valence-corrected chi connectivity index (χ0v) is 16.1. The van der Waals surface area contributed by atoms with E-state index in [0.717, 1.165) is 42.6 Å². The van der Waals surface area contributed by atoms with Crippen molar-refractivity contribution in [2.45, 2.75) is 37.4 Å². The van der Waals surface area contributed by atoms with E-state index in [-0.39, 0.29) is 17.7 Å². The van der Waals surface area contributed by atoms with Crippen LogP contribution < -0.4 is 5.32 Å². The molecule has 2 aromatic carbocycles. The van der Waals surface area contributed by atoms with Crippen molar-refractivity contribution in [1.29, 1.82) is 0 Å². The summed E-state index contributed by atoms with van der Waals surface area (Å²) >= 11 is 0. The number of fused-ring (bicyclic) bond motifs is 4. The minimum absolute atomic E-state index is 0.0374. The molecule has 3 atom stereocenters. The molecule has 5 nitrogen and oxygen atoms in total. The highest BCUT2D eigenvalue weighted by Gasteiger charge is 2.65. The molecule has 28 heavy (non-hydrogen) atoms. The second-order valence-electron chi connectivity index (χ2n) is 8.22. The Morgan fingerprint density at radius 3 is 2.75 bits per heavy atom. The molecule has 2 aromatic rings. The third kappa shape index (κ3) is 2.35. The molecule has 0 aliphatic carbocycles. The first-order valence-electron chi connectivity index (χ1n) is 10.1. The number of nitrogens with one attached hydrogen (secondary N) is 1. The fourth-order valence-corrected chi connectivity index (χ4v) is 5.56. The molecule has 5 rings (SSSR count). The summed E-state index contributed by atoms with van der Waals surface area (Å²) in [6.07, 6.45) is 2.89. The molecule has 0 unspecified atom stereocenters. The Balaban J connectivity index is 1.53. The van der Waals surface area contributed by atoms with Crippen LogP contribution >= 0.6 is 0 Å². The van der Waals surface area contributed by atoms with E-state index in [2.05, 4.69) is 10.2 Å². The van der Waals surface area contributed by atoms with Crippen LogP contribution in [0.25, 0.3) is 0 Å². The monoisotopic (exact) mass is 375 g/mol. The number of carbonyl (C=O) groups excluding carboxylic acids is 2. The molecule has 3 heterocycles. The first-order chi connectivity index (χ1) is 13.6. The van der Waals surface area contributed by atoms with Crippen molar-refractivity contribution >= 4 is 17.5 Å². The lowest BCUT2D eigenvalue weighted by molar-refractivity contribution is -0.143. The average molecular weight is 375 g/mol. The third-order valence-corrected chi connectivity index (χ3v) is 6.71. The molecule has 5 heteroatoms. The topological polar surface area (TPSA) is 52.7 Å². The number of para-hydroxylation sites is 1. The molecule has 1 spiro atoms. The van der Waals surface area contributed by atoms with Gasteiger partial charge in [-0.1, -0.05) is 48.5 Å². The summed E-state index contributed by atoms with van der Waals surface area (Å²) in [5, 5.41) is 3.06. The molecule has 2 saturated heterocycles. The van der Waals surface area contributed by atoms with Gasteiger partial charge in [-0.25, -0.2) is 0 Å². The molecule has 3 aliphatic rings. The molecule has 2 amide bonds. The second kappa shape index (κ2) is 6.45. The van der Waals surface area contributed by atoms with E-state index >= 15 is 0 Å². The van der Waals surface area contributed by atoms with E-state index in [9.17, 15) is 9.59 Å². The summed E-state index contributed by atoms with van der Waals surface area (Å²) in [6.45, 7) is 1.43.